The van der Waals surface area contributed by atoms with E-state index in [9.17, 15) is 0 Å². The maximum Gasteiger partial charge on any atom is 0.184 e. The maximum atomic E-state index is 4.31. The van der Waals surface area contributed by atoms with Crippen molar-refractivity contribution in [2.45, 2.75) is 20.4 Å². The van der Waals surface area contributed by atoms with Gasteiger partial charge in [0.1, 0.15) is 6.33 Å². The van der Waals surface area contributed by atoms with Gasteiger partial charge in [0, 0.05) is 6.54 Å². The molecule has 0 aliphatic carbocycles. The van der Waals surface area contributed by atoms with Gasteiger partial charge in [-0.3, -0.25) is 0 Å². The Morgan fingerprint density at radius 1 is 1.14 bits per heavy atom. The Bertz CT molecular complexity index is 719. The second-order valence-corrected chi connectivity index (χ2v) is 5.40. The summed E-state index contributed by atoms with van der Waals surface area (Å²) in [4.78, 5) is 8.57. The average molecular weight is 282 g/mol. The second-order valence-electron chi connectivity index (χ2n) is 5.40. The smallest absolute Gasteiger partial charge is 0.184 e. The molecule has 0 spiro atoms. The van der Waals surface area contributed by atoms with E-state index in [2.05, 4.69) is 51.6 Å². The van der Waals surface area contributed by atoms with Crippen molar-refractivity contribution >= 4 is 17.0 Å². The highest BCUT2D eigenvalue weighted by Crippen LogP contribution is 2.17. The molecule has 6 heteroatoms. The molecule has 0 bridgehead atoms. The van der Waals surface area contributed by atoms with Gasteiger partial charge in [-0.1, -0.05) is 49.4 Å². The number of benzene rings is 1. The molecule has 0 unspecified atom stereocenters. The third-order valence-electron chi connectivity index (χ3n) is 3.15. The first-order valence-electron chi connectivity index (χ1n) is 7.06. The van der Waals surface area contributed by atoms with Crippen molar-refractivity contribution in [2.75, 3.05) is 11.9 Å². The Balaban J connectivity index is 1.90. The lowest BCUT2D eigenvalue weighted by molar-refractivity contribution is 0.664. The third kappa shape index (κ3) is 2.99. The summed E-state index contributed by atoms with van der Waals surface area (Å²) in [6, 6.07) is 10.1. The van der Waals surface area contributed by atoms with Crippen LogP contribution in [0.25, 0.3) is 11.2 Å². The molecule has 0 fully saturated rings. The molecule has 0 saturated carbocycles. The fourth-order valence-electron chi connectivity index (χ4n) is 2.08. The van der Waals surface area contributed by atoms with Gasteiger partial charge in [0.15, 0.2) is 17.0 Å². The van der Waals surface area contributed by atoms with Gasteiger partial charge in [0.25, 0.3) is 0 Å². The monoisotopic (exact) mass is 282 g/mol. The van der Waals surface area contributed by atoms with Crippen molar-refractivity contribution in [3.05, 3.63) is 42.2 Å². The van der Waals surface area contributed by atoms with Crippen LogP contribution < -0.4 is 5.32 Å². The van der Waals surface area contributed by atoms with E-state index in [1.54, 1.807) is 11.0 Å². The summed E-state index contributed by atoms with van der Waals surface area (Å²) in [7, 11) is 0. The summed E-state index contributed by atoms with van der Waals surface area (Å²) in [5, 5.41) is 11.7. The summed E-state index contributed by atoms with van der Waals surface area (Å²) in [5.41, 5.74) is 2.63. The van der Waals surface area contributed by atoms with Crippen LogP contribution in [0.3, 0.4) is 0 Å². The van der Waals surface area contributed by atoms with E-state index in [1.807, 2.05) is 18.2 Å². The predicted octanol–water partition coefficient (Wildman–Crippen LogP) is 2.34. The lowest BCUT2D eigenvalue weighted by Crippen LogP contribution is -2.10. The summed E-state index contributed by atoms with van der Waals surface area (Å²) in [5.74, 6) is 1.28. The van der Waals surface area contributed by atoms with E-state index in [4.69, 9.17) is 0 Å². The highest BCUT2D eigenvalue weighted by atomic mass is 15.4. The summed E-state index contributed by atoms with van der Waals surface area (Å²) in [6.07, 6.45) is 1.55. The van der Waals surface area contributed by atoms with Crippen LogP contribution in [-0.4, -0.2) is 31.5 Å². The van der Waals surface area contributed by atoms with Crippen molar-refractivity contribution in [2.24, 2.45) is 5.92 Å². The average Bonchev–Trinajstić information content (AvgIpc) is 2.90. The minimum Gasteiger partial charge on any atom is -0.368 e. The number of aromatic nitrogens is 5. The molecule has 3 aromatic rings. The molecule has 21 heavy (non-hydrogen) atoms. The summed E-state index contributed by atoms with van der Waals surface area (Å²) >= 11 is 0. The van der Waals surface area contributed by atoms with E-state index in [1.165, 1.54) is 5.56 Å². The van der Waals surface area contributed by atoms with Crippen molar-refractivity contribution in [1.82, 2.24) is 25.0 Å². The minimum absolute atomic E-state index is 0.536. The first-order valence-corrected chi connectivity index (χ1v) is 7.06. The van der Waals surface area contributed by atoms with E-state index in [0.29, 0.717) is 18.0 Å². The molecule has 108 valence electrons. The molecular formula is C15H18N6. The molecule has 2 aromatic heterocycles. The Morgan fingerprint density at radius 2 is 1.95 bits per heavy atom. The molecule has 6 nitrogen and oxygen atoms in total. The molecule has 0 amide bonds. The molecule has 2 heterocycles. The Hall–Kier alpha value is -2.50. The van der Waals surface area contributed by atoms with Gasteiger partial charge in [-0.2, -0.15) is 0 Å². The van der Waals surface area contributed by atoms with Gasteiger partial charge < -0.3 is 5.32 Å². The number of nitrogens with zero attached hydrogens (tertiary/aromatic N) is 5. The third-order valence-corrected chi connectivity index (χ3v) is 3.15. The standard InChI is InChI=1S/C15H18N6/c1-11(2)8-16-14-13-15(18-10-17-14)21(20-19-13)9-12-6-4-3-5-7-12/h3-7,10-11H,8-9H2,1-2H3,(H,16,17,18). The van der Waals surface area contributed by atoms with Crippen LogP contribution in [0.5, 0.6) is 0 Å². The number of anilines is 1. The number of rotatable bonds is 5. The fraction of sp³-hybridized carbons (Fsp3) is 0.333. The zero-order valence-electron chi connectivity index (χ0n) is 12.2. The van der Waals surface area contributed by atoms with Gasteiger partial charge in [-0.05, 0) is 11.5 Å². The molecular weight excluding hydrogens is 264 g/mol. The number of hydrogen-bond acceptors (Lipinski definition) is 5. The highest BCUT2D eigenvalue weighted by molar-refractivity contribution is 5.81. The first-order chi connectivity index (χ1) is 10.2. The van der Waals surface area contributed by atoms with Gasteiger partial charge in [0.05, 0.1) is 6.54 Å². The van der Waals surface area contributed by atoms with Crippen LogP contribution in [0.2, 0.25) is 0 Å². The van der Waals surface area contributed by atoms with Gasteiger partial charge in [-0.15, -0.1) is 5.10 Å². The Kier molecular flexibility index (Phi) is 3.77. The lowest BCUT2D eigenvalue weighted by Gasteiger charge is -2.07. The van der Waals surface area contributed by atoms with Crippen molar-refractivity contribution in [3.8, 4) is 0 Å². The maximum absolute atomic E-state index is 4.31. The van der Waals surface area contributed by atoms with Crippen LogP contribution in [0.1, 0.15) is 19.4 Å². The van der Waals surface area contributed by atoms with Crippen molar-refractivity contribution in [3.63, 3.8) is 0 Å². The fourth-order valence-corrected chi connectivity index (χ4v) is 2.08. The SMILES string of the molecule is CC(C)CNc1ncnc2c1nnn2Cc1ccccc1. The molecule has 0 aliphatic rings. The van der Waals surface area contributed by atoms with Crippen LogP contribution in [-0.2, 0) is 6.54 Å². The van der Waals surface area contributed by atoms with Crippen LogP contribution in [0.15, 0.2) is 36.7 Å². The van der Waals surface area contributed by atoms with Gasteiger partial charge in [0.2, 0.25) is 0 Å². The summed E-state index contributed by atoms with van der Waals surface area (Å²) in [6.45, 7) is 5.80. The zero-order valence-corrected chi connectivity index (χ0v) is 12.2. The Labute approximate surface area is 123 Å². The van der Waals surface area contributed by atoms with E-state index >= 15 is 0 Å². The van der Waals surface area contributed by atoms with Gasteiger partial charge in [-0.25, -0.2) is 14.6 Å². The molecule has 3 rings (SSSR count). The van der Waals surface area contributed by atoms with Gasteiger partial charge >= 0.3 is 0 Å². The summed E-state index contributed by atoms with van der Waals surface area (Å²) < 4.78 is 1.80. The van der Waals surface area contributed by atoms with Crippen molar-refractivity contribution < 1.29 is 0 Å². The number of hydrogen-bond donors (Lipinski definition) is 1. The molecule has 1 N–H and O–H groups in total. The van der Waals surface area contributed by atoms with Crippen molar-refractivity contribution in [1.29, 1.82) is 0 Å². The number of nitrogens with one attached hydrogen (secondary N) is 1. The Morgan fingerprint density at radius 3 is 2.71 bits per heavy atom. The number of fused-ring (bicyclic) bond motifs is 1. The molecule has 0 radical (unpaired) electrons. The van der Waals surface area contributed by atoms with Crippen LogP contribution in [0, 0.1) is 5.92 Å². The molecule has 0 atom stereocenters. The van der Waals surface area contributed by atoms with E-state index in [0.717, 1.165) is 18.0 Å². The van der Waals surface area contributed by atoms with Crippen LogP contribution in [0.4, 0.5) is 5.82 Å². The normalized spacial score (nSPS) is 11.2. The molecule has 1 aromatic carbocycles. The quantitative estimate of drug-likeness (QED) is 0.778. The molecule has 0 saturated heterocycles. The second kappa shape index (κ2) is 5.87. The predicted molar refractivity (Wildman–Crippen MR) is 82.0 cm³/mol. The van der Waals surface area contributed by atoms with Crippen LogP contribution >= 0.6 is 0 Å². The first kappa shape index (κ1) is 13.5. The molecule has 0 aliphatic heterocycles. The zero-order chi connectivity index (χ0) is 14.7. The minimum atomic E-state index is 0.536. The van der Waals surface area contributed by atoms with E-state index in [-0.39, 0.29) is 0 Å². The van der Waals surface area contributed by atoms with E-state index < -0.39 is 0 Å². The topological polar surface area (TPSA) is 68.5 Å². The highest BCUT2D eigenvalue weighted by Gasteiger charge is 2.11. The largest absolute Gasteiger partial charge is 0.368 e. The lowest BCUT2D eigenvalue weighted by atomic mass is 10.2.